The zero-order valence-electron chi connectivity index (χ0n) is 16.9. The van der Waals surface area contributed by atoms with Crippen molar-refractivity contribution in [1.82, 2.24) is 0 Å². The molecule has 0 amide bonds. The van der Waals surface area contributed by atoms with E-state index in [9.17, 15) is 5.11 Å². The van der Waals surface area contributed by atoms with Crippen LogP contribution in [0.1, 0.15) is 31.7 Å². The van der Waals surface area contributed by atoms with Gasteiger partial charge in [0.05, 0.1) is 26.2 Å². The number of rotatable bonds is 8. The highest BCUT2D eigenvalue weighted by Crippen LogP contribution is 2.28. The SMILES string of the molecule is CC[C@H](C)c1ccccc1OC[C@@H](O)C[NH+]1CCN(c2cccc(Cl)c2)CC1. The van der Waals surface area contributed by atoms with E-state index in [1.165, 1.54) is 16.2 Å². The van der Waals surface area contributed by atoms with Gasteiger partial charge in [0.1, 0.15) is 25.0 Å². The molecule has 1 fully saturated rings. The van der Waals surface area contributed by atoms with Crippen LogP contribution in [0, 0.1) is 0 Å². The minimum absolute atomic E-state index is 0.342. The summed E-state index contributed by atoms with van der Waals surface area (Å²) in [6, 6.07) is 16.2. The Hall–Kier alpha value is -1.75. The summed E-state index contributed by atoms with van der Waals surface area (Å²) in [5.74, 6) is 1.36. The molecular formula is C23H32ClN2O2+. The molecule has 0 spiro atoms. The van der Waals surface area contributed by atoms with Crippen LogP contribution in [0.4, 0.5) is 5.69 Å². The van der Waals surface area contributed by atoms with Gasteiger partial charge in [0, 0.05) is 10.7 Å². The van der Waals surface area contributed by atoms with E-state index in [1.54, 1.807) is 0 Å². The third kappa shape index (κ3) is 5.63. The van der Waals surface area contributed by atoms with Crippen LogP contribution in [-0.4, -0.2) is 50.5 Å². The third-order valence-corrected chi connectivity index (χ3v) is 5.90. The Morgan fingerprint density at radius 3 is 2.61 bits per heavy atom. The highest BCUT2D eigenvalue weighted by atomic mass is 35.5. The number of nitrogens with one attached hydrogen (secondary N) is 1. The zero-order valence-corrected chi connectivity index (χ0v) is 17.7. The van der Waals surface area contributed by atoms with Gasteiger partial charge >= 0.3 is 0 Å². The Labute approximate surface area is 173 Å². The number of ether oxygens (including phenoxy) is 1. The van der Waals surface area contributed by atoms with E-state index < -0.39 is 6.10 Å². The fourth-order valence-corrected chi connectivity index (χ4v) is 3.96. The summed E-state index contributed by atoms with van der Waals surface area (Å²) in [6.07, 6.45) is 0.613. The van der Waals surface area contributed by atoms with Crippen LogP contribution in [0.2, 0.25) is 5.02 Å². The molecule has 0 aliphatic carbocycles. The van der Waals surface area contributed by atoms with Crippen molar-refractivity contribution in [2.75, 3.05) is 44.2 Å². The number of halogens is 1. The van der Waals surface area contributed by atoms with Crippen molar-refractivity contribution in [2.24, 2.45) is 0 Å². The molecule has 2 aromatic rings. The summed E-state index contributed by atoms with van der Waals surface area (Å²) < 4.78 is 5.98. The minimum atomic E-state index is -0.460. The lowest BCUT2D eigenvalue weighted by atomic mass is 9.98. The van der Waals surface area contributed by atoms with Crippen LogP contribution in [0.25, 0.3) is 0 Å². The summed E-state index contributed by atoms with van der Waals surface area (Å²) in [7, 11) is 0. The molecule has 2 N–H and O–H groups in total. The number of nitrogens with zero attached hydrogens (tertiary/aromatic N) is 1. The van der Waals surface area contributed by atoms with Gasteiger partial charge in [-0.2, -0.15) is 0 Å². The first-order valence-corrected chi connectivity index (χ1v) is 10.7. The lowest BCUT2D eigenvalue weighted by Gasteiger charge is -2.34. The Balaban J connectivity index is 1.46. The lowest BCUT2D eigenvalue weighted by molar-refractivity contribution is -0.903. The predicted octanol–water partition coefficient (Wildman–Crippen LogP) is 3.00. The van der Waals surface area contributed by atoms with Crippen molar-refractivity contribution >= 4 is 17.3 Å². The van der Waals surface area contributed by atoms with Crippen LogP contribution in [0.5, 0.6) is 5.75 Å². The first-order valence-electron chi connectivity index (χ1n) is 10.3. The number of benzene rings is 2. The van der Waals surface area contributed by atoms with Gasteiger partial charge in [-0.15, -0.1) is 0 Å². The minimum Gasteiger partial charge on any atom is -0.490 e. The highest BCUT2D eigenvalue weighted by Gasteiger charge is 2.23. The maximum Gasteiger partial charge on any atom is 0.137 e. The van der Waals surface area contributed by atoms with Crippen molar-refractivity contribution in [3.8, 4) is 5.75 Å². The second-order valence-electron chi connectivity index (χ2n) is 7.73. The number of aliphatic hydroxyl groups excluding tert-OH is 1. The number of anilines is 1. The van der Waals surface area contributed by atoms with Crippen LogP contribution in [0.3, 0.4) is 0 Å². The molecule has 1 saturated heterocycles. The van der Waals surface area contributed by atoms with Crippen LogP contribution >= 0.6 is 11.6 Å². The predicted molar refractivity (Wildman–Crippen MR) is 116 cm³/mol. The molecule has 0 unspecified atom stereocenters. The average Bonchev–Trinajstić information content (AvgIpc) is 2.72. The number of hydrogen-bond acceptors (Lipinski definition) is 3. The van der Waals surface area contributed by atoms with Gasteiger partial charge in [0.2, 0.25) is 0 Å². The molecular weight excluding hydrogens is 372 g/mol. The van der Waals surface area contributed by atoms with Crippen molar-refractivity contribution in [3.63, 3.8) is 0 Å². The summed E-state index contributed by atoms with van der Waals surface area (Å²) in [6.45, 7) is 9.41. The first kappa shape index (κ1) is 21.0. The monoisotopic (exact) mass is 403 g/mol. The fourth-order valence-electron chi connectivity index (χ4n) is 3.78. The molecule has 4 nitrogen and oxygen atoms in total. The Bertz CT molecular complexity index is 747. The molecule has 0 saturated carbocycles. The van der Waals surface area contributed by atoms with Crippen LogP contribution in [0.15, 0.2) is 48.5 Å². The summed E-state index contributed by atoms with van der Waals surface area (Å²) in [5.41, 5.74) is 2.40. The van der Waals surface area contributed by atoms with E-state index in [2.05, 4.69) is 30.9 Å². The molecule has 0 radical (unpaired) electrons. The smallest absolute Gasteiger partial charge is 0.137 e. The molecule has 5 heteroatoms. The van der Waals surface area contributed by atoms with Gasteiger partial charge in [-0.05, 0) is 42.2 Å². The van der Waals surface area contributed by atoms with E-state index in [4.69, 9.17) is 16.3 Å². The van der Waals surface area contributed by atoms with Crippen LogP contribution < -0.4 is 14.5 Å². The van der Waals surface area contributed by atoms with Gasteiger partial charge in [-0.3, -0.25) is 0 Å². The number of aliphatic hydroxyl groups is 1. The normalized spacial score (nSPS) is 17.4. The van der Waals surface area contributed by atoms with E-state index in [1.807, 2.05) is 36.4 Å². The molecule has 0 aromatic heterocycles. The van der Waals surface area contributed by atoms with Crippen molar-refractivity contribution < 1.29 is 14.7 Å². The topological polar surface area (TPSA) is 37.1 Å². The number of hydrogen-bond donors (Lipinski definition) is 2. The molecule has 152 valence electrons. The Morgan fingerprint density at radius 2 is 1.89 bits per heavy atom. The molecule has 1 aliphatic rings. The summed E-state index contributed by atoms with van der Waals surface area (Å²) >= 11 is 6.11. The second-order valence-corrected chi connectivity index (χ2v) is 8.17. The second kappa shape index (κ2) is 10.1. The summed E-state index contributed by atoms with van der Waals surface area (Å²) in [4.78, 5) is 3.78. The Morgan fingerprint density at radius 1 is 1.14 bits per heavy atom. The molecule has 2 aromatic carbocycles. The molecule has 0 bridgehead atoms. The fraction of sp³-hybridized carbons (Fsp3) is 0.478. The van der Waals surface area contributed by atoms with Gasteiger partial charge in [0.25, 0.3) is 0 Å². The average molecular weight is 404 g/mol. The quantitative estimate of drug-likeness (QED) is 0.711. The number of piperazine rings is 1. The molecule has 1 heterocycles. The molecule has 3 rings (SSSR count). The van der Waals surface area contributed by atoms with E-state index >= 15 is 0 Å². The van der Waals surface area contributed by atoms with Crippen molar-refractivity contribution in [1.29, 1.82) is 0 Å². The first-order chi connectivity index (χ1) is 13.6. The Kier molecular flexibility index (Phi) is 7.60. The maximum atomic E-state index is 10.5. The van der Waals surface area contributed by atoms with Crippen molar-refractivity contribution in [2.45, 2.75) is 32.3 Å². The van der Waals surface area contributed by atoms with Gasteiger partial charge in [0.15, 0.2) is 0 Å². The standard InChI is InChI=1S/C23H31ClN2O2/c1-3-18(2)22-9-4-5-10-23(22)28-17-21(27)16-25-11-13-26(14-12-25)20-8-6-7-19(24)15-20/h4-10,15,18,21,27H,3,11-14,16-17H2,1-2H3/p+1/t18-,21-/m0/s1. The van der Waals surface area contributed by atoms with Crippen molar-refractivity contribution in [3.05, 3.63) is 59.1 Å². The van der Waals surface area contributed by atoms with Gasteiger partial charge < -0.3 is 19.6 Å². The number of quaternary nitrogens is 1. The number of para-hydroxylation sites is 1. The molecule has 2 atom stereocenters. The van der Waals surface area contributed by atoms with Crippen LogP contribution in [-0.2, 0) is 0 Å². The van der Waals surface area contributed by atoms with E-state index in [-0.39, 0.29) is 0 Å². The highest BCUT2D eigenvalue weighted by molar-refractivity contribution is 6.30. The lowest BCUT2D eigenvalue weighted by Crippen LogP contribution is -3.16. The maximum absolute atomic E-state index is 10.5. The van der Waals surface area contributed by atoms with Gasteiger partial charge in [-0.1, -0.05) is 49.7 Å². The molecule has 28 heavy (non-hydrogen) atoms. The van der Waals surface area contributed by atoms with E-state index in [0.717, 1.165) is 49.9 Å². The largest absolute Gasteiger partial charge is 0.490 e. The zero-order chi connectivity index (χ0) is 19.9. The summed E-state index contributed by atoms with van der Waals surface area (Å²) in [5, 5.41) is 11.3. The van der Waals surface area contributed by atoms with E-state index in [0.29, 0.717) is 12.5 Å². The third-order valence-electron chi connectivity index (χ3n) is 5.66. The molecule has 1 aliphatic heterocycles. The van der Waals surface area contributed by atoms with Gasteiger partial charge in [-0.25, -0.2) is 0 Å².